The molecule has 120 valence electrons. The van der Waals surface area contributed by atoms with Crippen molar-refractivity contribution in [1.29, 1.82) is 0 Å². The Labute approximate surface area is 137 Å². The molecule has 2 N–H and O–H groups in total. The molecule has 0 heterocycles. The van der Waals surface area contributed by atoms with Gasteiger partial charge in [-0.15, -0.1) is 0 Å². The van der Waals surface area contributed by atoms with Gasteiger partial charge in [-0.2, -0.15) is 0 Å². The highest BCUT2D eigenvalue weighted by Gasteiger charge is 2.12. The molecule has 0 saturated carbocycles. The fourth-order valence-electron chi connectivity index (χ4n) is 2.37. The zero-order chi connectivity index (χ0) is 16.5. The van der Waals surface area contributed by atoms with Crippen molar-refractivity contribution in [2.75, 3.05) is 6.61 Å². The molecule has 23 heavy (non-hydrogen) atoms. The summed E-state index contributed by atoms with van der Waals surface area (Å²) in [6.45, 7) is 2.16. The Morgan fingerprint density at radius 3 is 2.48 bits per heavy atom. The first kappa shape index (κ1) is 17.0. The molecule has 0 aromatic heterocycles. The van der Waals surface area contributed by atoms with Crippen molar-refractivity contribution < 1.29 is 9.90 Å². The summed E-state index contributed by atoms with van der Waals surface area (Å²) in [6, 6.07) is 17.8. The van der Waals surface area contributed by atoms with Crippen LogP contribution in [-0.4, -0.2) is 17.6 Å². The molecule has 1 atom stereocenters. The van der Waals surface area contributed by atoms with Crippen molar-refractivity contribution in [1.82, 2.24) is 5.32 Å². The summed E-state index contributed by atoms with van der Waals surface area (Å²) in [5.74, 6) is -0.127. The average Bonchev–Trinajstić information content (AvgIpc) is 2.59. The van der Waals surface area contributed by atoms with Gasteiger partial charge >= 0.3 is 0 Å². The zero-order valence-electron chi connectivity index (χ0n) is 13.4. The molecule has 3 heteroatoms. The molecule has 0 bridgehead atoms. The molecule has 2 aromatic rings. The van der Waals surface area contributed by atoms with Gasteiger partial charge in [0.1, 0.15) is 0 Å². The zero-order valence-corrected chi connectivity index (χ0v) is 13.4. The third-order valence-corrected chi connectivity index (χ3v) is 3.67. The third kappa shape index (κ3) is 5.72. The fourth-order valence-corrected chi connectivity index (χ4v) is 2.37. The number of benzene rings is 2. The topological polar surface area (TPSA) is 49.3 Å². The number of aliphatic hydroxyl groups is 1. The van der Waals surface area contributed by atoms with Crippen LogP contribution in [0.15, 0.2) is 60.7 Å². The van der Waals surface area contributed by atoms with Crippen molar-refractivity contribution in [2.24, 2.45) is 0 Å². The molecule has 0 radical (unpaired) electrons. The van der Waals surface area contributed by atoms with Crippen molar-refractivity contribution in [3.05, 3.63) is 77.4 Å². The van der Waals surface area contributed by atoms with Gasteiger partial charge in [-0.3, -0.25) is 4.79 Å². The minimum atomic E-state index is -0.127. The van der Waals surface area contributed by atoms with Crippen molar-refractivity contribution in [3.8, 4) is 0 Å². The molecule has 1 amide bonds. The molecule has 0 aliphatic rings. The van der Waals surface area contributed by atoms with Gasteiger partial charge in [0.2, 0.25) is 5.91 Å². The number of carbonyl (C=O) groups is 1. The fraction of sp³-hybridized carbons (Fsp3) is 0.250. The summed E-state index contributed by atoms with van der Waals surface area (Å²) in [5.41, 5.74) is 3.25. The van der Waals surface area contributed by atoms with Crippen LogP contribution >= 0.6 is 0 Å². The SMILES string of the molecule is Cc1ccc(/C=C/C(=O)NC(CCCO)c2ccccc2)cc1. The molecular weight excluding hydrogens is 286 g/mol. The van der Waals surface area contributed by atoms with Gasteiger partial charge in [0.15, 0.2) is 0 Å². The summed E-state index contributed by atoms with van der Waals surface area (Å²) in [5, 5.41) is 12.1. The standard InChI is InChI=1S/C20H23NO2/c1-16-9-11-17(12-10-16)13-14-20(23)21-19(8-5-15-22)18-6-3-2-4-7-18/h2-4,6-7,9-14,19,22H,5,8,15H2,1H3,(H,21,23)/b14-13+. The van der Waals surface area contributed by atoms with Crippen LogP contribution in [0.25, 0.3) is 6.08 Å². The second-order valence-corrected chi connectivity index (χ2v) is 5.58. The van der Waals surface area contributed by atoms with Gasteiger partial charge in [0.25, 0.3) is 0 Å². The van der Waals surface area contributed by atoms with Crippen LogP contribution in [0.3, 0.4) is 0 Å². The van der Waals surface area contributed by atoms with Crippen LogP contribution in [0.4, 0.5) is 0 Å². The van der Waals surface area contributed by atoms with Gasteiger partial charge < -0.3 is 10.4 Å². The first-order chi connectivity index (χ1) is 11.2. The Bertz CT molecular complexity index is 632. The number of carbonyl (C=O) groups excluding carboxylic acids is 1. The summed E-state index contributed by atoms with van der Waals surface area (Å²) in [7, 11) is 0. The summed E-state index contributed by atoms with van der Waals surface area (Å²) in [6.07, 6.45) is 4.73. The maximum atomic E-state index is 12.2. The van der Waals surface area contributed by atoms with Crippen molar-refractivity contribution >= 4 is 12.0 Å². The van der Waals surface area contributed by atoms with Crippen LogP contribution < -0.4 is 5.32 Å². The highest BCUT2D eigenvalue weighted by atomic mass is 16.3. The maximum Gasteiger partial charge on any atom is 0.244 e. The van der Waals surface area contributed by atoms with Crippen LogP contribution in [0.5, 0.6) is 0 Å². The molecule has 1 unspecified atom stereocenters. The van der Waals surface area contributed by atoms with E-state index in [1.165, 1.54) is 5.56 Å². The molecular formula is C20H23NO2. The average molecular weight is 309 g/mol. The molecule has 0 fully saturated rings. The van der Waals surface area contributed by atoms with E-state index in [1.54, 1.807) is 6.08 Å². The number of amides is 1. The number of aryl methyl sites for hydroxylation is 1. The third-order valence-electron chi connectivity index (χ3n) is 3.67. The molecule has 0 saturated heterocycles. The summed E-state index contributed by atoms with van der Waals surface area (Å²) in [4.78, 5) is 12.2. The highest BCUT2D eigenvalue weighted by Crippen LogP contribution is 2.18. The van der Waals surface area contributed by atoms with Gasteiger partial charge in [0.05, 0.1) is 6.04 Å². The predicted octanol–water partition coefficient (Wildman–Crippen LogP) is 3.64. The number of hydrogen-bond donors (Lipinski definition) is 2. The Balaban J connectivity index is 2.00. The van der Waals surface area contributed by atoms with Crippen LogP contribution in [0.2, 0.25) is 0 Å². The van der Waals surface area contributed by atoms with Gasteiger partial charge in [0, 0.05) is 12.7 Å². The second kappa shape index (κ2) is 8.91. The van der Waals surface area contributed by atoms with Crippen LogP contribution in [0.1, 0.15) is 35.6 Å². The van der Waals surface area contributed by atoms with Gasteiger partial charge in [-0.1, -0.05) is 60.2 Å². The number of nitrogens with one attached hydrogen (secondary N) is 1. The minimum absolute atomic E-state index is 0.0847. The molecule has 2 rings (SSSR count). The predicted molar refractivity (Wildman–Crippen MR) is 93.9 cm³/mol. The summed E-state index contributed by atoms with van der Waals surface area (Å²) >= 11 is 0. The van der Waals surface area contributed by atoms with E-state index in [-0.39, 0.29) is 18.6 Å². The monoisotopic (exact) mass is 309 g/mol. The summed E-state index contributed by atoms with van der Waals surface area (Å²) < 4.78 is 0. The molecule has 0 spiro atoms. The van der Waals surface area contributed by atoms with E-state index in [0.29, 0.717) is 12.8 Å². The van der Waals surface area contributed by atoms with Gasteiger partial charge in [-0.25, -0.2) is 0 Å². The molecule has 2 aromatic carbocycles. The van der Waals surface area contributed by atoms with Crippen LogP contribution in [-0.2, 0) is 4.79 Å². The smallest absolute Gasteiger partial charge is 0.244 e. The minimum Gasteiger partial charge on any atom is -0.396 e. The lowest BCUT2D eigenvalue weighted by Gasteiger charge is -2.18. The van der Waals surface area contributed by atoms with Gasteiger partial charge in [-0.05, 0) is 37.0 Å². The van der Waals surface area contributed by atoms with E-state index in [1.807, 2.05) is 67.6 Å². The van der Waals surface area contributed by atoms with E-state index >= 15 is 0 Å². The van der Waals surface area contributed by atoms with E-state index < -0.39 is 0 Å². The lowest BCUT2D eigenvalue weighted by Crippen LogP contribution is -2.27. The lowest BCUT2D eigenvalue weighted by molar-refractivity contribution is -0.117. The number of aliphatic hydroxyl groups excluding tert-OH is 1. The van der Waals surface area contributed by atoms with E-state index in [4.69, 9.17) is 5.11 Å². The van der Waals surface area contributed by atoms with E-state index in [9.17, 15) is 4.79 Å². The number of hydrogen-bond acceptors (Lipinski definition) is 2. The van der Waals surface area contributed by atoms with Crippen LogP contribution in [0, 0.1) is 6.92 Å². The first-order valence-corrected chi connectivity index (χ1v) is 7.90. The first-order valence-electron chi connectivity index (χ1n) is 7.90. The number of rotatable bonds is 7. The normalized spacial score (nSPS) is 12.3. The molecule has 0 aliphatic carbocycles. The largest absolute Gasteiger partial charge is 0.396 e. The van der Waals surface area contributed by atoms with Crippen molar-refractivity contribution in [2.45, 2.75) is 25.8 Å². The lowest BCUT2D eigenvalue weighted by atomic mass is 10.0. The Morgan fingerprint density at radius 1 is 1.13 bits per heavy atom. The molecule has 0 aliphatic heterocycles. The van der Waals surface area contributed by atoms with E-state index in [0.717, 1.165) is 11.1 Å². The molecule has 3 nitrogen and oxygen atoms in total. The van der Waals surface area contributed by atoms with Crippen molar-refractivity contribution in [3.63, 3.8) is 0 Å². The van der Waals surface area contributed by atoms with E-state index in [2.05, 4.69) is 5.32 Å². The Morgan fingerprint density at radius 2 is 1.83 bits per heavy atom. The second-order valence-electron chi connectivity index (χ2n) is 5.58. The Hall–Kier alpha value is -2.39. The Kier molecular flexibility index (Phi) is 6.57. The quantitative estimate of drug-likeness (QED) is 0.767. The highest BCUT2D eigenvalue weighted by molar-refractivity contribution is 5.92. The maximum absolute atomic E-state index is 12.2.